The standard InChI is InChI=1S/C19H15NO4/c1-2-24-19(23)13-8-9-16-14(10-13)18(22)15(11-20-16)17(21)12-6-4-3-5-7-12/h3-11H,2H2,1H3,(H,20,22). The van der Waals surface area contributed by atoms with Crippen molar-refractivity contribution in [3.63, 3.8) is 0 Å². The van der Waals surface area contributed by atoms with Crippen LogP contribution < -0.4 is 5.43 Å². The number of hydrogen-bond donors (Lipinski definition) is 1. The lowest BCUT2D eigenvalue weighted by atomic mass is 10.0. The predicted molar refractivity (Wildman–Crippen MR) is 90.4 cm³/mol. The van der Waals surface area contributed by atoms with Crippen molar-refractivity contribution in [3.8, 4) is 0 Å². The van der Waals surface area contributed by atoms with Gasteiger partial charge in [0.15, 0.2) is 5.78 Å². The van der Waals surface area contributed by atoms with Gasteiger partial charge in [0.1, 0.15) is 0 Å². The third-order valence-corrected chi connectivity index (χ3v) is 3.67. The molecule has 0 saturated carbocycles. The molecule has 1 aromatic heterocycles. The minimum absolute atomic E-state index is 0.0368. The number of fused-ring (bicyclic) bond motifs is 1. The molecule has 0 aliphatic carbocycles. The minimum Gasteiger partial charge on any atom is -0.462 e. The molecule has 5 heteroatoms. The van der Waals surface area contributed by atoms with Crippen molar-refractivity contribution >= 4 is 22.7 Å². The number of benzene rings is 2. The van der Waals surface area contributed by atoms with Crippen LogP contribution in [0, 0.1) is 0 Å². The number of hydrogen-bond acceptors (Lipinski definition) is 4. The molecule has 0 fully saturated rings. The van der Waals surface area contributed by atoms with Crippen LogP contribution in [-0.4, -0.2) is 23.3 Å². The number of ether oxygens (including phenoxy) is 1. The molecule has 3 rings (SSSR count). The molecule has 5 nitrogen and oxygen atoms in total. The van der Waals surface area contributed by atoms with Crippen LogP contribution in [0.1, 0.15) is 33.2 Å². The monoisotopic (exact) mass is 321 g/mol. The zero-order valence-corrected chi connectivity index (χ0v) is 13.0. The molecule has 0 radical (unpaired) electrons. The van der Waals surface area contributed by atoms with Crippen LogP contribution in [0.15, 0.2) is 59.5 Å². The van der Waals surface area contributed by atoms with Crippen molar-refractivity contribution in [3.05, 3.63) is 81.6 Å². The fourth-order valence-electron chi connectivity index (χ4n) is 2.47. The van der Waals surface area contributed by atoms with Gasteiger partial charge < -0.3 is 9.72 Å². The van der Waals surface area contributed by atoms with Crippen LogP contribution in [0.4, 0.5) is 0 Å². The first-order valence-corrected chi connectivity index (χ1v) is 7.54. The lowest BCUT2D eigenvalue weighted by Gasteiger charge is -2.05. The average Bonchev–Trinajstić information content (AvgIpc) is 2.62. The number of H-pyrrole nitrogens is 1. The van der Waals surface area contributed by atoms with Crippen LogP contribution in [-0.2, 0) is 4.74 Å². The van der Waals surface area contributed by atoms with E-state index in [1.54, 1.807) is 49.4 Å². The van der Waals surface area contributed by atoms with E-state index in [4.69, 9.17) is 4.74 Å². The molecule has 0 atom stereocenters. The van der Waals surface area contributed by atoms with E-state index in [-0.39, 0.29) is 28.9 Å². The molecule has 24 heavy (non-hydrogen) atoms. The highest BCUT2D eigenvalue weighted by Gasteiger charge is 2.16. The van der Waals surface area contributed by atoms with Gasteiger partial charge in [0.05, 0.1) is 17.7 Å². The zero-order valence-electron chi connectivity index (χ0n) is 13.0. The van der Waals surface area contributed by atoms with Gasteiger partial charge in [0.25, 0.3) is 0 Å². The zero-order chi connectivity index (χ0) is 17.1. The maximum atomic E-state index is 12.7. The van der Waals surface area contributed by atoms with Gasteiger partial charge in [-0.2, -0.15) is 0 Å². The summed E-state index contributed by atoms with van der Waals surface area (Å²) in [5.41, 5.74) is 0.888. The minimum atomic E-state index is -0.501. The lowest BCUT2D eigenvalue weighted by Crippen LogP contribution is -2.17. The van der Waals surface area contributed by atoms with Crippen LogP contribution in [0.25, 0.3) is 10.9 Å². The third-order valence-electron chi connectivity index (χ3n) is 3.67. The summed E-state index contributed by atoms with van der Waals surface area (Å²) in [6.07, 6.45) is 1.41. The molecule has 0 unspecified atom stereocenters. The number of pyridine rings is 1. The van der Waals surface area contributed by atoms with Gasteiger partial charge in [0, 0.05) is 22.7 Å². The average molecular weight is 321 g/mol. The SMILES string of the molecule is CCOC(=O)c1ccc2[nH]cc(C(=O)c3ccccc3)c(=O)c2c1. The normalized spacial score (nSPS) is 10.5. The van der Waals surface area contributed by atoms with E-state index in [9.17, 15) is 14.4 Å². The molecular formula is C19H15NO4. The maximum Gasteiger partial charge on any atom is 0.338 e. The Balaban J connectivity index is 2.11. The molecule has 0 aliphatic rings. The summed E-state index contributed by atoms with van der Waals surface area (Å²) in [7, 11) is 0. The first-order chi connectivity index (χ1) is 11.6. The molecule has 2 aromatic carbocycles. The molecule has 1 N–H and O–H groups in total. The Labute approximate surface area is 137 Å². The summed E-state index contributed by atoms with van der Waals surface area (Å²) in [6.45, 7) is 1.96. The number of carbonyl (C=O) groups is 2. The van der Waals surface area contributed by atoms with E-state index >= 15 is 0 Å². The van der Waals surface area contributed by atoms with Gasteiger partial charge in [-0.25, -0.2) is 4.79 Å². The molecule has 0 spiro atoms. The van der Waals surface area contributed by atoms with Crippen LogP contribution in [0.2, 0.25) is 0 Å². The highest BCUT2D eigenvalue weighted by atomic mass is 16.5. The molecule has 0 bridgehead atoms. The second kappa shape index (κ2) is 6.50. The van der Waals surface area contributed by atoms with E-state index in [1.165, 1.54) is 12.3 Å². The van der Waals surface area contributed by atoms with Crippen molar-refractivity contribution < 1.29 is 14.3 Å². The first-order valence-electron chi connectivity index (χ1n) is 7.54. The fourth-order valence-corrected chi connectivity index (χ4v) is 2.47. The Morgan fingerprint density at radius 1 is 1.04 bits per heavy atom. The fraction of sp³-hybridized carbons (Fsp3) is 0.105. The largest absolute Gasteiger partial charge is 0.462 e. The Morgan fingerprint density at radius 3 is 2.50 bits per heavy atom. The number of esters is 1. The number of carbonyl (C=O) groups excluding carboxylic acids is 2. The lowest BCUT2D eigenvalue weighted by molar-refractivity contribution is 0.0526. The number of nitrogens with one attached hydrogen (secondary N) is 1. The van der Waals surface area contributed by atoms with Gasteiger partial charge in [-0.05, 0) is 25.1 Å². The molecule has 1 heterocycles. The van der Waals surface area contributed by atoms with Gasteiger partial charge >= 0.3 is 5.97 Å². The van der Waals surface area contributed by atoms with Crippen molar-refractivity contribution in [2.24, 2.45) is 0 Å². The molecule has 120 valence electrons. The molecule has 3 aromatic rings. The summed E-state index contributed by atoms with van der Waals surface area (Å²) < 4.78 is 4.95. The second-order valence-corrected chi connectivity index (χ2v) is 5.21. The molecule has 0 saturated heterocycles. The summed E-state index contributed by atoms with van der Waals surface area (Å²) >= 11 is 0. The smallest absolute Gasteiger partial charge is 0.338 e. The predicted octanol–water partition coefficient (Wildman–Crippen LogP) is 2.94. The van der Waals surface area contributed by atoms with Crippen LogP contribution >= 0.6 is 0 Å². The highest BCUT2D eigenvalue weighted by molar-refractivity contribution is 6.10. The van der Waals surface area contributed by atoms with Crippen molar-refractivity contribution in [1.29, 1.82) is 0 Å². The Bertz CT molecular complexity index is 974. The van der Waals surface area contributed by atoms with Crippen molar-refractivity contribution in [2.45, 2.75) is 6.92 Å². The van der Waals surface area contributed by atoms with Gasteiger partial charge in [-0.15, -0.1) is 0 Å². The van der Waals surface area contributed by atoms with E-state index in [0.717, 1.165) is 0 Å². The molecule has 0 aliphatic heterocycles. The number of rotatable bonds is 4. The first kappa shape index (κ1) is 15.7. The van der Waals surface area contributed by atoms with Crippen molar-refractivity contribution in [1.82, 2.24) is 4.98 Å². The van der Waals surface area contributed by atoms with E-state index in [1.807, 2.05) is 0 Å². The summed E-state index contributed by atoms with van der Waals surface area (Å²) in [5.74, 6) is -0.862. The second-order valence-electron chi connectivity index (χ2n) is 5.21. The number of aromatic nitrogens is 1. The third kappa shape index (κ3) is 2.84. The Kier molecular flexibility index (Phi) is 4.24. The topological polar surface area (TPSA) is 76.2 Å². The summed E-state index contributed by atoms with van der Waals surface area (Å²) in [5, 5.41) is 0.280. The number of aromatic amines is 1. The van der Waals surface area contributed by atoms with E-state index in [0.29, 0.717) is 11.1 Å². The number of ketones is 1. The van der Waals surface area contributed by atoms with Gasteiger partial charge in [-0.3, -0.25) is 9.59 Å². The van der Waals surface area contributed by atoms with Gasteiger partial charge in [-0.1, -0.05) is 30.3 Å². The van der Waals surface area contributed by atoms with Crippen LogP contribution in [0.3, 0.4) is 0 Å². The maximum absolute atomic E-state index is 12.7. The molecular weight excluding hydrogens is 306 g/mol. The van der Waals surface area contributed by atoms with Crippen molar-refractivity contribution in [2.75, 3.05) is 6.61 Å². The Morgan fingerprint density at radius 2 is 1.79 bits per heavy atom. The van der Waals surface area contributed by atoms with E-state index in [2.05, 4.69) is 4.98 Å². The Hall–Kier alpha value is -3.21. The quantitative estimate of drug-likeness (QED) is 0.592. The van der Waals surface area contributed by atoms with Crippen LogP contribution in [0.5, 0.6) is 0 Å². The summed E-state index contributed by atoms with van der Waals surface area (Å²) in [4.78, 5) is 40.0. The van der Waals surface area contributed by atoms with Gasteiger partial charge in [0.2, 0.25) is 5.43 Å². The molecule has 0 amide bonds. The summed E-state index contributed by atoms with van der Waals surface area (Å²) in [6, 6.07) is 13.2. The van der Waals surface area contributed by atoms with E-state index < -0.39 is 11.4 Å². The highest BCUT2D eigenvalue weighted by Crippen LogP contribution is 2.14.